The van der Waals surface area contributed by atoms with Crippen LogP contribution in [0.3, 0.4) is 0 Å². The van der Waals surface area contributed by atoms with E-state index in [0.29, 0.717) is 11.3 Å². The lowest BCUT2D eigenvalue weighted by Gasteiger charge is -2.34. The molecule has 12 heavy (non-hydrogen) atoms. The van der Waals surface area contributed by atoms with Crippen LogP contribution in [0, 0.1) is 0 Å². The Bertz CT molecular complexity index is 101. The number of methoxy groups -OCH3 is 1. The largest absolute Gasteiger partial charge is 0.381 e. The summed E-state index contributed by atoms with van der Waals surface area (Å²) in [6, 6.07) is 0. The third-order valence-electron chi connectivity index (χ3n) is 2.61. The van der Waals surface area contributed by atoms with Gasteiger partial charge in [-0.25, -0.2) is 0 Å². The molecule has 0 aromatic heterocycles. The summed E-state index contributed by atoms with van der Waals surface area (Å²) in [6.07, 6.45) is 3.82. The van der Waals surface area contributed by atoms with Gasteiger partial charge in [-0.2, -0.15) is 0 Å². The molecule has 0 rings (SSSR count). The summed E-state index contributed by atoms with van der Waals surface area (Å²) in [5.41, 5.74) is 0. The molecule has 0 radical (unpaired) electrons. The van der Waals surface area contributed by atoms with E-state index in [1.807, 2.05) is 0 Å². The molecule has 0 amide bonds. The average molecular weight is 257 g/mol. The zero-order chi connectivity index (χ0) is 8.91. The molecule has 0 N–H and O–H groups in total. The molecule has 0 spiro atoms. The third-order valence-corrected chi connectivity index (χ3v) is 3.80. The predicted molar refractivity (Wildman–Crippen MR) is 64.4 cm³/mol. The second-order valence-electron chi connectivity index (χ2n) is 3.07. The lowest BCUT2D eigenvalue weighted by molar-refractivity contribution is 0.0610. The first kappa shape index (κ1) is 15.3. The van der Waals surface area contributed by atoms with Crippen LogP contribution in [0.1, 0.15) is 40.0 Å². The van der Waals surface area contributed by atoms with E-state index >= 15 is 0 Å². The maximum absolute atomic E-state index is 5.43. The van der Waals surface area contributed by atoms with E-state index in [2.05, 4.69) is 30.0 Å². The zero-order valence-electron chi connectivity index (χ0n) is 8.59. The molecular weight excluding hydrogens is 235 g/mol. The standard InChI is InChI=1S/C9H21OP.BrH/c1-5-8(10-4)9(11,6-2)7-3;/h8H,5-7,11H2,1-4H3;1H. The molecule has 2 atom stereocenters. The molecule has 0 fully saturated rings. The van der Waals surface area contributed by atoms with Crippen LogP contribution in [0.2, 0.25) is 0 Å². The summed E-state index contributed by atoms with van der Waals surface area (Å²) in [7, 11) is 4.75. The van der Waals surface area contributed by atoms with Crippen LogP contribution in [-0.4, -0.2) is 18.4 Å². The van der Waals surface area contributed by atoms with Crippen LogP contribution in [0.4, 0.5) is 0 Å². The van der Waals surface area contributed by atoms with Crippen LogP contribution in [0.5, 0.6) is 0 Å². The second kappa shape index (κ2) is 7.29. The monoisotopic (exact) mass is 256 g/mol. The highest BCUT2D eigenvalue weighted by molar-refractivity contribution is 8.93. The molecule has 2 unspecified atom stereocenters. The minimum atomic E-state index is 0. The molecule has 0 saturated heterocycles. The Balaban J connectivity index is 0. The van der Waals surface area contributed by atoms with Crippen molar-refractivity contribution in [2.45, 2.75) is 51.3 Å². The quantitative estimate of drug-likeness (QED) is 0.686. The first-order valence-electron chi connectivity index (χ1n) is 4.46. The summed E-state index contributed by atoms with van der Waals surface area (Å²) in [5, 5.41) is 0.295. The van der Waals surface area contributed by atoms with Crippen LogP contribution in [-0.2, 0) is 4.74 Å². The van der Waals surface area contributed by atoms with Crippen LogP contribution in [0.25, 0.3) is 0 Å². The average Bonchev–Trinajstić information content (AvgIpc) is 2.06. The minimum absolute atomic E-state index is 0. The van der Waals surface area contributed by atoms with Crippen LogP contribution >= 0.6 is 26.2 Å². The molecule has 0 heterocycles. The zero-order valence-corrected chi connectivity index (χ0v) is 11.5. The number of ether oxygens (including phenoxy) is 1. The fourth-order valence-corrected chi connectivity index (χ4v) is 1.89. The highest BCUT2D eigenvalue weighted by atomic mass is 79.9. The highest BCUT2D eigenvalue weighted by Crippen LogP contribution is 2.33. The first-order chi connectivity index (χ1) is 5.14. The van der Waals surface area contributed by atoms with Gasteiger partial charge in [0.05, 0.1) is 6.10 Å². The Hall–Kier alpha value is 0.870. The molecule has 0 saturated carbocycles. The molecule has 3 heteroatoms. The normalized spacial score (nSPS) is 13.8. The van der Waals surface area contributed by atoms with Gasteiger partial charge in [0.2, 0.25) is 0 Å². The lowest BCUT2D eigenvalue weighted by atomic mass is 9.93. The molecule has 0 aliphatic rings. The number of hydrogen-bond donors (Lipinski definition) is 0. The second-order valence-corrected chi connectivity index (χ2v) is 4.22. The van der Waals surface area contributed by atoms with Gasteiger partial charge in [-0.15, -0.1) is 26.2 Å². The Labute approximate surface area is 89.6 Å². The Morgan fingerprint density at radius 1 is 1.25 bits per heavy atom. The van der Waals surface area contributed by atoms with Gasteiger partial charge in [0.1, 0.15) is 0 Å². The van der Waals surface area contributed by atoms with Crippen molar-refractivity contribution in [3.05, 3.63) is 0 Å². The summed E-state index contributed by atoms with van der Waals surface area (Å²) >= 11 is 0. The molecule has 0 aromatic carbocycles. The molecular formula is C9H22BrOP. The van der Waals surface area contributed by atoms with Gasteiger partial charge in [0, 0.05) is 12.3 Å². The summed E-state index contributed by atoms with van der Waals surface area (Å²) in [6.45, 7) is 6.62. The maximum atomic E-state index is 5.43. The summed E-state index contributed by atoms with van der Waals surface area (Å²) < 4.78 is 5.43. The van der Waals surface area contributed by atoms with Crippen LogP contribution < -0.4 is 0 Å². The van der Waals surface area contributed by atoms with Crippen molar-refractivity contribution in [2.24, 2.45) is 0 Å². The van der Waals surface area contributed by atoms with Gasteiger partial charge in [0.25, 0.3) is 0 Å². The minimum Gasteiger partial charge on any atom is -0.381 e. The van der Waals surface area contributed by atoms with Gasteiger partial charge < -0.3 is 4.74 Å². The molecule has 0 bridgehead atoms. The molecule has 0 aliphatic heterocycles. The Morgan fingerprint density at radius 2 is 1.67 bits per heavy atom. The van der Waals surface area contributed by atoms with Crippen LogP contribution in [0.15, 0.2) is 0 Å². The van der Waals surface area contributed by atoms with Crippen molar-refractivity contribution in [2.75, 3.05) is 7.11 Å². The topological polar surface area (TPSA) is 9.23 Å². The van der Waals surface area contributed by atoms with E-state index in [0.717, 1.165) is 6.42 Å². The molecule has 0 aliphatic carbocycles. The lowest BCUT2D eigenvalue weighted by Crippen LogP contribution is -2.35. The Morgan fingerprint density at radius 3 is 1.75 bits per heavy atom. The third kappa shape index (κ3) is 3.72. The summed E-state index contributed by atoms with van der Waals surface area (Å²) in [5.74, 6) is 0. The van der Waals surface area contributed by atoms with Crippen molar-refractivity contribution >= 4 is 26.2 Å². The number of hydrogen-bond acceptors (Lipinski definition) is 1. The van der Waals surface area contributed by atoms with E-state index in [9.17, 15) is 0 Å². The van der Waals surface area contributed by atoms with Gasteiger partial charge >= 0.3 is 0 Å². The van der Waals surface area contributed by atoms with Crippen molar-refractivity contribution in [1.82, 2.24) is 0 Å². The fourth-order valence-electron chi connectivity index (χ4n) is 1.51. The SMILES string of the molecule is Br.CCC(OC)C(P)(CC)CC. The van der Waals surface area contributed by atoms with E-state index in [1.165, 1.54) is 12.8 Å². The first-order valence-corrected chi connectivity index (χ1v) is 5.04. The highest BCUT2D eigenvalue weighted by Gasteiger charge is 2.29. The van der Waals surface area contributed by atoms with Gasteiger partial charge in [-0.1, -0.05) is 20.8 Å². The summed E-state index contributed by atoms with van der Waals surface area (Å²) in [4.78, 5) is 0. The van der Waals surface area contributed by atoms with Gasteiger partial charge in [-0.05, 0) is 19.3 Å². The van der Waals surface area contributed by atoms with Gasteiger partial charge in [-0.3, -0.25) is 0 Å². The maximum Gasteiger partial charge on any atom is 0.0658 e. The Kier molecular flexibility index (Phi) is 9.32. The van der Waals surface area contributed by atoms with Crippen molar-refractivity contribution in [3.63, 3.8) is 0 Å². The van der Waals surface area contributed by atoms with Crippen molar-refractivity contribution in [1.29, 1.82) is 0 Å². The molecule has 1 nitrogen and oxygen atoms in total. The predicted octanol–water partition coefficient (Wildman–Crippen LogP) is 3.42. The number of halogens is 1. The fraction of sp³-hybridized carbons (Fsp3) is 1.00. The van der Waals surface area contributed by atoms with E-state index < -0.39 is 0 Å². The number of rotatable bonds is 5. The molecule has 76 valence electrons. The van der Waals surface area contributed by atoms with Gasteiger partial charge in [0.15, 0.2) is 0 Å². The molecule has 0 aromatic rings. The smallest absolute Gasteiger partial charge is 0.0658 e. The van der Waals surface area contributed by atoms with E-state index in [4.69, 9.17) is 4.74 Å². The van der Waals surface area contributed by atoms with Crippen molar-refractivity contribution in [3.8, 4) is 0 Å². The van der Waals surface area contributed by atoms with E-state index in [1.54, 1.807) is 7.11 Å². The van der Waals surface area contributed by atoms with E-state index in [-0.39, 0.29) is 17.0 Å². The van der Waals surface area contributed by atoms with Crippen molar-refractivity contribution < 1.29 is 4.74 Å².